The Kier molecular flexibility index (Phi) is 3.98. The highest BCUT2D eigenvalue weighted by molar-refractivity contribution is 6.64. The molecular formula is C30H33BO2. The lowest BCUT2D eigenvalue weighted by Gasteiger charge is -2.32. The summed E-state index contributed by atoms with van der Waals surface area (Å²) in [5.41, 5.74) is 11.2. The van der Waals surface area contributed by atoms with Gasteiger partial charge in [-0.2, -0.15) is 0 Å². The van der Waals surface area contributed by atoms with E-state index in [2.05, 4.69) is 110 Å². The molecule has 1 fully saturated rings. The molecule has 0 spiro atoms. The summed E-state index contributed by atoms with van der Waals surface area (Å²) in [5.74, 6) is 0. The molecule has 3 aromatic carbocycles. The van der Waals surface area contributed by atoms with Crippen molar-refractivity contribution in [2.24, 2.45) is 0 Å². The molecule has 0 radical (unpaired) electrons. The molecular weight excluding hydrogens is 403 g/mol. The maximum Gasteiger partial charge on any atom is 0.495 e. The van der Waals surface area contributed by atoms with Crippen molar-refractivity contribution in [3.63, 3.8) is 0 Å². The first-order valence-electron chi connectivity index (χ1n) is 12.2. The van der Waals surface area contributed by atoms with Crippen molar-refractivity contribution in [3.8, 4) is 22.3 Å². The number of fused-ring (bicyclic) bond motifs is 7. The molecule has 3 aliphatic rings. The van der Waals surface area contributed by atoms with Crippen LogP contribution in [-0.2, 0) is 20.1 Å². The van der Waals surface area contributed by atoms with Crippen LogP contribution in [0, 0.1) is 0 Å². The minimum atomic E-state index is -0.393. The van der Waals surface area contributed by atoms with Crippen molar-refractivity contribution in [1.29, 1.82) is 0 Å². The summed E-state index contributed by atoms with van der Waals surface area (Å²) in [6, 6.07) is 20.2. The van der Waals surface area contributed by atoms with Gasteiger partial charge in [-0.25, -0.2) is 0 Å². The third-order valence-electron chi connectivity index (χ3n) is 8.90. The van der Waals surface area contributed by atoms with E-state index in [9.17, 15) is 0 Å². The lowest BCUT2D eigenvalue weighted by atomic mass is 9.68. The smallest absolute Gasteiger partial charge is 0.399 e. The fourth-order valence-electron chi connectivity index (χ4n) is 6.32. The van der Waals surface area contributed by atoms with E-state index in [-0.39, 0.29) is 22.0 Å². The maximum absolute atomic E-state index is 6.64. The number of hydrogen-bond acceptors (Lipinski definition) is 2. The molecule has 0 unspecified atom stereocenters. The van der Waals surface area contributed by atoms with Gasteiger partial charge < -0.3 is 9.31 Å². The van der Waals surface area contributed by atoms with Crippen LogP contribution in [0.15, 0.2) is 54.6 Å². The van der Waals surface area contributed by atoms with Crippen LogP contribution in [0.3, 0.4) is 0 Å². The van der Waals surface area contributed by atoms with E-state index in [1.807, 2.05) is 0 Å². The highest BCUT2D eigenvalue weighted by Crippen LogP contribution is 2.58. The summed E-state index contributed by atoms with van der Waals surface area (Å²) in [7, 11) is -0.393. The lowest BCUT2D eigenvalue weighted by molar-refractivity contribution is 0.00578. The van der Waals surface area contributed by atoms with E-state index in [0.717, 1.165) is 0 Å². The minimum Gasteiger partial charge on any atom is -0.399 e. The van der Waals surface area contributed by atoms with Crippen LogP contribution in [0.2, 0.25) is 0 Å². The van der Waals surface area contributed by atoms with Gasteiger partial charge in [0, 0.05) is 10.8 Å². The number of rotatable bonds is 1. The van der Waals surface area contributed by atoms with E-state index in [0.29, 0.717) is 0 Å². The van der Waals surface area contributed by atoms with Crippen LogP contribution in [-0.4, -0.2) is 18.3 Å². The van der Waals surface area contributed by atoms with Gasteiger partial charge in [0.15, 0.2) is 0 Å². The zero-order valence-electron chi connectivity index (χ0n) is 21.1. The van der Waals surface area contributed by atoms with Crippen molar-refractivity contribution < 1.29 is 9.31 Å². The topological polar surface area (TPSA) is 18.5 Å². The van der Waals surface area contributed by atoms with Crippen LogP contribution in [0.1, 0.15) is 77.6 Å². The molecule has 0 atom stereocenters. The monoisotopic (exact) mass is 436 g/mol. The Morgan fingerprint density at radius 2 is 1.06 bits per heavy atom. The summed E-state index contributed by atoms with van der Waals surface area (Å²) in [4.78, 5) is 0. The Bertz CT molecular complexity index is 1310. The molecule has 0 amide bonds. The number of hydrogen-bond donors (Lipinski definition) is 0. The zero-order chi connectivity index (χ0) is 23.6. The van der Waals surface area contributed by atoms with Crippen molar-refractivity contribution in [2.45, 2.75) is 77.4 Å². The molecule has 0 N–H and O–H groups in total. The fraction of sp³-hybridized carbons (Fsp3) is 0.400. The van der Waals surface area contributed by atoms with Gasteiger partial charge in [0.1, 0.15) is 0 Å². The minimum absolute atomic E-state index is 0.0792. The van der Waals surface area contributed by atoms with Crippen LogP contribution in [0.5, 0.6) is 0 Å². The Morgan fingerprint density at radius 1 is 0.576 bits per heavy atom. The molecule has 0 saturated carbocycles. The molecule has 0 bridgehead atoms. The summed E-state index contributed by atoms with van der Waals surface area (Å²) in [6.07, 6.45) is 0. The van der Waals surface area contributed by atoms with Gasteiger partial charge in [0.05, 0.1) is 11.2 Å². The van der Waals surface area contributed by atoms with Gasteiger partial charge in [0.25, 0.3) is 0 Å². The van der Waals surface area contributed by atoms with Crippen LogP contribution in [0.25, 0.3) is 22.3 Å². The third-order valence-corrected chi connectivity index (χ3v) is 8.90. The Balaban J connectivity index is 1.73. The summed E-state index contributed by atoms with van der Waals surface area (Å²) >= 11 is 0. The second-order valence-electron chi connectivity index (χ2n) is 12.1. The second-order valence-corrected chi connectivity index (χ2v) is 12.1. The molecule has 1 heterocycles. The normalized spacial score (nSPS) is 22.0. The van der Waals surface area contributed by atoms with Crippen molar-refractivity contribution >= 4 is 12.6 Å². The van der Waals surface area contributed by atoms with Crippen LogP contribution in [0.4, 0.5) is 0 Å². The SMILES string of the molecule is CC1(C)c2ccccc2-c2c1cc(B1OC(C)(C)C(C)(C)O1)c1c2C(C)(C)c2ccccc2-1. The highest BCUT2D eigenvalue weighted by atomic mass is 16.7. The Labute approximate surface area is 198 Å². The molecule has 168 valence electrons. The average molecular weight is 436 g/mol. The molecule has 3 heteroatoms. The Morgan fingerprint density at radius 3 is 1.64 bits per heavy atom. The Hall–Kier alpha value is -2.36. The molecule has 0 aromatic heterocycles. The van der Waals surface area contributed by atoms with Gasteiger partial charge in [-0.15, -0.1) is 0 Å². The van der Waals surface area contributed by atoms with E-state index in [1.54, 1.807) is 0 Å². The molecule has 33 heavy (non-hydrogen) atoms. The summed E-state index contributed by atoms with van der Waals surface area (Å²) in [6.45, 7) is 18.0. The first-order chi connectivity index (χ1) is 15.4. The van der Waals surface area contributed by atoms with Crippen LogP contribution < -0.4 is 5.46 Å². The van der Waals surface area contributed by atoms with Gasteiger partial charge in [0.2, 0.25) is 0 Å². The highest BCUT2D eigenvalue weighted by Gasteiger charge is 2.54. The molecule has 1 saturated heterocycles. The van der Waals surface area contributed by atoms with Gasteiger partial charge in [-0.1, -0.05) is 82.3 Å². The van der Waals surface area contributed by atoms with Gasteiger partial charge in [-0.3, -0.25) is 0 Å². The van der Waals surface area contributed by atoms with Gasteiger partial charge in [-0.05, 0) is 77.7 Å². The van der Waals surface area contributed by atoms with Crippen molar-refractivity contribution in [1.82, 2.24) is 0 Å². The summed E-state index contributed by atoms with van der Waals surface area (Å²) in [5, 5.41) is 0. The lowest BCUT2D eigenvalue weighted by Crippen LogP contribution is -2.41. The van der Waals surface area contributed by atoms with Crippen molar-refractivity contribution in [3.05, 3.63) is 76.9 Å². The average Bonchev–Trinajstić information content (AvgIpc) is 3.23. The summed E-state index contributed by atoms with van der Waals surface area (Å²) < 4.78 is 13.3. The van der Waals surface area contributed by atoms with E-state index in [4.69, 9.17) is 9.31 Å². The first-order valence-corrected chi connectivity index (χ1v) is 12.2. The standard InChI is InChI=1S/C30H33BO2/c1-27(2)20-15-11-9-13-18(20)24-22(27)17-23(31-32-29(5,6)30(7,8)33-31)25-19-14-10-12-16-21(19)28(3,4)26(24)25/h9-17H,1-8H3. The maximum atomic E-state index is 6.64. The quantitative estimate of drug-likeness (QED) is 0.400. The molecule has 2 nitrogen and oxygen atoms in total. The predicted molar refractivity (Wildman–Crippen MR) is 137 cm³/mol. The number of benzene rings is 3. The first kappa shape index (κ1) is 21.2. The van der Waals surface area contributed by atoms with E-state index >= 15 is 0 Å². The van der Waals surface area contributed by atoms with E-state index in [1.165, 1.54) is 50.0 Å². The predicted octanol–water partition coefficient (Wildman–Crippen LogP) is 6.60. The van der Waals surface area contributed by atoms with Gasteiger partial charge >= 0.3 is 7.12 Å². The van der Waals surface area contributed by atoms with Crippen LogP contribution >= 0.6 is 0 Å². The second kappa shape index (κ2) is 6.20. The largest absolute Gasteiger partial charge is 0.495 e. The van der Waals surface area contributed by atoms with Crippen molar-refractivity contribution in [2.75, 3.05) is 0 Å². The molecule has 6 rings (SSSR count). The molecule has 2 aliphatic carbocycles. The fourth-order valence-corrected chi connectivity index (χ4v) is 6.32. The molecule has 1 aliphatic heterocycles. The third kappa shape index (κ3) is 2.53. The molecule has 3 aromatic rings. The van der Waals surface area contributed by atoms with E-state index < -0.39 is 7.12 Å². The zero-order valence-corrected chi connectivity index (χ0v) is 21.1.